The van der Waals surface area contributed by atoms with Gasteiger partial charge in [0.1, 0.15) is 11.9 Å². The normalized spacial score (nSPS) is 20.5. The van der Waals surface area contributed by atoms with Crippen LogP contribution in [-0.4, -0.2) is 58.7 Å². The summed E-state index contributed by atoms with van der Waals surface area (Å²) < 4.78 is 24.8. The van der Waals surface area contributed by atoms with Gasteiger partial charge in [-0.1, -0.05) is 0 Å². The lowest BCUT2D eigenvalue weighted by Gasteiger charge is -2.34. The molecular formula is C10H16N4O3S2. The second kappa shape index (κ2) is 5.41. The number of hydrogen-bond acceptors (Lipinski definition) is 6. The lowest BCUT2D eigenvalue weighted by Crippen LogP contribution is -2.50. The molecule has 1 aliphatic rings. The number of anilines is 1. The van der Waals surface area contributed by atoms with Crippen molar-refractivity contribution in [2.24, 2.45) is 0 Å². The number of nitrogens with zero attached hydrogens (tertiary/aromatic N) is 3. The molecule has 19 heavy (non-hydrogen) atoms. The van der Waals surface area contributed by atoms with E-state index in [-0.39, 0.29) is 12.5 Å². The standard InChI is InChI=1S/C10H16N4O3S2/c1-19(16,17)10-7-18-3-2-14(10)9(15)6-13-5-8(11)4-12-13/h4-5,10H,2-3,6-7,11H2,1H3. The zero-order valence-electron chi connectivity index (χ0n) is 10.5. The number of amides is 1. The van der Waals surface area contributed by atoms with Crippen LogP contribution in [0, 0.1) is 0 Å². The van der Waals surface area contributed by atoms with E-state index in [1.165, 1.54) is 15.8 Å². The summed E-state index contributed by atoms with van der Waals surface area (Å²) in [6, 6.07) is 0. The average Bonchev–Trinajstić information content (AvgIpc) is 2.73. The van der Waals surface area contributed by atoms with E-state index in [4.69, 9.17) is 5.73 Å². The van der Waals surface area contributed by atoms with Crippen molar-refractivity contribution in [1.82, 2.24) is 14.7 Å². The van der Waals surface area contributed by atoms with Gasteiger partial charge < -0.3 is 10.6 Å². The second-order valence-corrected chi connectivity index (χ2v) is 7.77. The predicted molar refractivity (Wildman–Crippen MR) is 74.3 cm³/mol. The maximum absolute atomic E-state index is 12.2. The minimum atomic E-state index is -3.28. The van der Waals surface area contributed by atoms with E-state index in [1.807, 2.05) is 0 Å². The van der Waals surface area contributed by atoms with Gasteiger partial charge in [-0.25, -0.2) is 8.42 Å². The van der Waals surface area contributed by atoms with Crippen molar-refractivity contribution in [2.75, 3.05) is 30.0 Å². The molecule has 1 aromatic heterocycles. The third kappa shape index (κ3) is 3.41. The number of carbonyl (C=O) groups is 1. The number of sulfone groups is 1. The van der Waals surface area contributed by atoms with Gasteiger partial charge >= 0.3 is 0 Å². The summed E-state index contributed by atoms with van der Waals surface area (Å²) in [6.45, 7) is 0.450. The van der Waals surface area contributed by atoms with Gasteiger partial charge in [-0.05, 0) is 0 Å². The highest BCUT2D eigenvalue weighted by Gasteiger charge is 2.34. The van der Waals surface area contributed by atoms with E-state index in [0.29, 0.717) is 18.0 Å². The van der Waals surface area contributed by atoms with Crippen LogP contribution in [0.3, 0.4) is 0 Å². The molecule has 0 bridgehead atoms. The van der Waals surface area contributed by atoms with Crippen LogP contribution in [0.15, 0.2) is 12.4 Å². The topological polar surface area (TPSA) is 98.3 Å². The van der Waals surface area contributed by atoms with Crippen molar-refractivity contribution in [1.29, 1.82) is 0 Å². The maximum atomic E-state index is 12.2. The van der Waals surface area contributed by atoms with Crippen molar-refractivity contribution in [3.63, 3.8) is 0 Å². The molecule has 1 aromatic rings. The third-order valence-corrected chi connectivity index (χ3v) is 5.49. The summed E-state index contributed by atoms with van der Waals surface area (Å²) in [6.07, 6.45) is 4.16. The Bertz CT molecular complexity index is 569. The van der Waals surface area contributed by atoms with Crippen LogP contribution < -0.4 is 5.73 Å². The smallest absolute Gasteiger partial charge is 0.245 e. The largest absolute Gasteiger partial charge is 0.396 e. The van der Waals surface area contributed by atoms with E-state index in [9.17, 15) is 13.2 Å². The zero-order valence-corrected chi connectivity index (χ0v) is 12.2. The molecular weight excluding hydrogens is 288 g/mol. The summed E-state index contributed by atoms with van der Waals surface area (Å²) in [4.78, 5) is 13.6. The van der Waals surface area contributed by atoms with Crippen LogP contribution in [-0.2, 0) is 21.2 Å². The number of nitrogens with two attached hydrogens (primary N) is 1. The van der Waals surface area contributed by atoms with Crippen LogP contribution in [0.25, 0.3) is 0 Å². The summed E-state index contributed by atoms with van der Waals surface area (Å²) in [5.41, 5.74) is 6.00. The Morgan fingerprint density at radius 3 is 2.95 bits per heavy atom. The molecule has 2 heterocycles. The number of thioether (sulfide) groups is 1. The summed E-state index contributed by atoms with van der Waals surface area (Å²) in [7, 11) is -3.28. The van der Waals surface area contributed by atoms with E-state index in [2.05, 4.69) is 5.10 Å². The molecule has 2 rings (SSSR count). The van der Waals surface area contributed by atoms with Crippen molar-refractivity contribution in [3.05, 3.63) is 12.4 Å². The number of nitrogen functional groups attached to an aromatic ring is 1. The van der Waals surface area contributed by atoms with Crippen molar-refractivity contribution < 1.29 is 13.2 Å². The first-order valence-electron chi connectivity index (χ1n) is 5.72. The quantitative estimate of drug-likeness (QED) is 0.801. The van der Waals surface area contributed by atoms with Gasteiger partial charge in [-0.2, -0.15) is 16.9 Å². The molecule has 0 aromatic carbocycles. The molecule has 2 N–H and O–H groups in total. The number of aromatic nitrogens is 2. The van der Waals surface area contributed by atoms with Gasteiger partial charge in [0.05, 0.1) is 11.9 Å². The maximum Gasteiger partial charge on any atom is 0.245 e. The average molecular weight is 304 g/mol. The molecule has 1 saturated heterocycles. The number of rotatable bonds is 3. The van der Waals surface area contributed by atoms with Gasteiger partial charge in [0.15, 0.2) is 9.84 Å². The zero-order chi connectivity index (χ0) is 14.0. The van der Waals surface area contributed by atoms with Crippen LogP contribution in [0.5, 0.6) is 0 Å². The highest BCUT2D eigenvalue weighted by atomic mass is 32.2. The first kappa shape index (κ1) is 14.2. The van der Waals surface area contributed by atoms with E-state index in [0.717, 1.165) is 12.0 Å². The molecule has 0 radical (unpaired) electrons. The fraction of sp³-hybridized carbons (Fsp3) is 0.600. The lowest BCUT2D eigenvalue weighted by atomic mass is 10.4. The minimum absolute atomic E-state index is 0.00782. The molecule has 0 saturated carbocycles. The fourth-order valence-electron chi connectivity index (χ4n) is 1.92. The first-order chi connectivity index (χ1) is 8.88. The Labute approximate surface area is 116 Å². The van der Waals surface area contributed by atoms with Crippen molar-refractivity contribution in [3.8, 4) is 0 Å². The molecule has 0 spiro atoms. The van der Waals surface area contributed by atoms with E-state index < -0.39 is 15.2 Å². The highest BCUT2D eigenvalue weighted by molar-refractivity contribution is 8.00. The van der Waals surface area contributed by atoms with Gasteiger partial charge in [-0.15, -0.1) is 0 Å². The monoisotopic (exact) mass is 304 g/mol. The van der Waals surface area contributed by atoms with Gasteiger partial charge in [0.2, 0.25) is 5.91 Å². The van der Waals surface area contributed by atoms with E-state index >= 15 is 0 Å². The minimum Gasteiger partial charge on any atom is -0.396 e. The molecule has 7 nitrogen and oxygen atoms in total. The Kier molecular flexibility index (Phi) is 4.04. The molecule has 106 valence electrons. The van der Waals surface area contributed by atoms with Gasteiger partial charge in [0.25, 0.3) is 0 Å². The van der Waals surface area contributed by atoms with Crippen LogP contribution in [0.2, 0.25) is 0 Å². The number of hydrogen-bond donors (Lipinski definition) is 1. The van der Waals surface area contributed by atoms with E-state index in [1.54, 1.807) is 18.0 Å². The second-order valence-electron chi connectivity index (χ2n) is 4.42. The first-order valence-corrected chi connectivity index (χ1v) is 8.83. The molecule has 1 fully saturated rings. The molecule has 0 aliphatic carbocycles. The summed E-state index contributed by atoms with van der Waals surface area (Å²) >= 11 is 1.55. The molecule has 1 atom stereocenters. The van der Waals surface area contributed by atoms with Crippen LogP contribution in [0.1, 0.15) is 0 Å². The molecule has 1 amide bonds. The third-order valence-electron chi connectivity index (χ3n) is 2.85. The predicted octanol–water partition coefficient (Wildman–Crippen LogP) is -0.589. The Balaban J connectivity index is 2.12. The Hall–Kier alpha value is -1.22. The summed E-state index contributed by atoms with van der Waals surface area (Å²) in [5, 5.41) is 3.18. The van der Waals surface area contributed by atoms with Gasteiger partial charge in [0, 0.05) is 30.5 Å². The van der Waals surface area contributed by atoms with Crippen molar-refractivity contribution in [2.45, 2.75) is 11.9 Å². The Morgan fingerprint density at radius 2 is 2.37 bits per heavy atom. The highest BCUT2D eigenvalue weighted by Crippen LogP contribution is 2.20. The van der Waals surface area contributed by atoms with Crippen LogP contribution in [0.4, 0.5) is 5.69 Å². The fourth-order valence-corrected chi connectivity index (χ4v) is 4.75. The van der Waals surface area contributed by atoms with Crippen LogP contribution >= 0.6 is 11.8 Å². The molecule has 1 unspecified atom stereocenters. The summed E-state index contributed by atoms with van der Waals surface area (Å²) in [5.74, 6) is 0.920. The van der Waals surface area contributed by atoms with Crippen molar-refractivity contribution >= 4 is 33.2 Å². The Morgan fingerprint density at radius 1 is 1.63 bits per heavy atom. The number of carbonyl (C=O) groups excluding carboxylic acids is 1. The molecule has 1 aliphatic heterocycles. The lowest BCUT2D eigenvalue weighted by molar-refractivity contribution is -0.132. The van der Waals surface area contributed by atoms with Gasteiger partial charge in [-0.3, -0.25) is 9.48 Å². The SMILES string of the molecule is CS(=O)(=O)C1CSCCN1C(=O)Cn1cc(N)cn1. The molecule has 9 heteroatoms.